The van der Waals surface area contributed by atoms with Gasteiger partial charge in [-0.3, -0.25) is 4.79 Å². The third-order valence-corrected chi connectivity index (χ3v) is 4.28. The molecule has 1 amide bonds. The van der Waals surface area contributed by atoms with Gasteiger partial charge >= 0.3 is 0 Å². The Labute approximate surface area is 123 Å². The fraction of sp³-hybridized carbons (Fsp3) is 0.533. The van der Waals surface area contributed by atoms with Crippen molar-refractivity contribution in [1.29, 1.82) is 0 Å². The molecule has 0 saturated carbocycles. The van der Waals surface area contributed by atoms with Crippen LogP contribution in [0.2, 0.25) is 0 Å². The van der Waals surface area contributed by atoms with E-state index in [4.69, 9.17) is 4.52 Å². The molecule has 1 aliphatic rings. The summed E-state index contributed by atoms with van der Waals surface area (Å²) < 4.78 is 5.16. The molecule has 3 heterocycles. The molecule has 2 aromatic rings. The van der Waals surface area contributed by atoms with Gasteiger partial charge in [0.25, 0.3) is 11.6 Å². The molecule has 1 N–H and O–H groups in total. The van der Waals surface area contributed by atoms with Gasteiger partial charge in [-0.1, -0.05) is 12.1 Å². The molecule has 2 aromatic heterocycles. The molecule has 0 radical (unpaired) electrons. The van der Waals surface area contributed by atoms with E-state index in [9.17, 15) is 4.79 Å². The van der Waals surface area contributed by atoms with Gasteiger partial charge in [0.1, 0.15) is 0 Å². The second-order valence-corrected chi connectivity index (χ2v) is 5.54. The summed E-state index contributed by atoms with van der Waals surface area (Å²) in [5, 5.41) is 8.19. The zero-order chi connectivity index (χ0) is 15.0. The quantitative estimate of drug-likeness (QED) is 0.909. The lowest BCUT2D eigenvalue weighted by Crippen LogP contribution is -2.57. The number of fused-ring (bicyclic) bond motifs is 1. The van der Waals surface area contributed by atoms with Crippen LogP contribution in [0.5, 0.6) is 0 Å². The zero-order valence-electron chi connectivity index (χ0n) is 12.6. The highest BCUT2D eigenvalue weighted by molar-refractivity contribution is 5.97. The van der Waals surface area contributed by atoms with Crippen LogP contribution >= 0.6 is 0 Å². The topological polar surface area (TPSA) is 71.3 Å². The number of hydrogen-bond donors (Lipinski definition) is 1. The minimum atomic E-state index is 0.0218. The van der Waals surface area contributed by atoms with E-state index < -0.39 is 0 Å². The average molecular weight is 288 g/mol. The Kier molecular flexibility index (Phi) is 3.63. The SMILES string of the molecule is CCc1noc2ncc(C(=O)N3CCNC(C)C3C)cc12. The Morgan fingerprint density at radius 2 is 2.33 bits per heavy atom. The van der Waals surface area contributed by atoms with Crippen LogP contribution in [0.4, 0.5) is 0 Å². The van der Waals surface area contributed by atoms with Crippen LogP contribution < -0.4 is 5.32 Å². The maximum absolute atomic E-state index is 12.7. The van der Waals surface area contributed by atoms with E-state index in [-0.39, 0.29) is 11.9 Å². The Bertz CT molecular complexity index is 667. The summed E-state index contributed by atoms with van der Waals surface area (Å²) in [7, 11) is 0. The molecule has 6 heteroatoms. The lowest BCUT2D eigenvalue weighted by atomic mass is 10.1. The van der Waals surface area contributed by atoms with Gasteiger partial charge in [-0.2, -0.15) is 0 Å². The molecular weight excluding hydrogens is 268 g/mol. The number of hydrogen-bond acceptors (Lipinski definition) is 5. The van der Waals surface area contributed by atoms with Crippen molar-refractivity contribution in [1.82, 2.24) is 20.4 Å². The van der Waals surface area contributed by atoms with Gasteiger partial charge in [-0.05, 0) is 26.3 Å². The van der Waals surface area contributed by atoms with Gasteiger partial charge < -0.3 is 14.7 Å². The largest absolute Gasteiger partial charge is 0.336 e. The molecule has 0 spiro atoms. The van der Waals surface area contributed by atoms with E-state index in [2.05, 4.69) is 29.3 Å². The highest BCUT2D eigenvalue weighted by Gasteiger charge is 2.29. The summed E-state index contributed by atoms with van der Waals surface area (Å²) in [6.07, 6.45) is 2.34. The molecule has 2 atom stereocenters. The van der Waals surface area contributed by atoms with Crippen molar-refractivity contribution in [2.24, 2.45) is 0 Å². The van der Waals surface area contributed by atoms with E-state index in [1.54, 1.807) is 6.20 Å². The number of pyridine rings is 1. The fourth-order valence-corrected chi connectivity index (χ4v) is 2.76. The molecule has 6 nitrogen and oxygen atoms in total. The molecule has 0 aliphatic carbocycles. The molecule has 112 valence electrons. The normalized spacial score (nSPS) is 22.7. The minimum absolute atomic E-state index is 0.0218. The zero-order valence-corrected chi connectivity index (χ0v) is 12.6. The van der Waals surface area contributed by atoms with Crippen LogP contribution in [0.3, 0.4) is 0 Å². The van der Waals surface area contributed by atoms with Crippen LogP contribution in [0.25, 0.3) is 11.1 Å². The van der Waals surface area contributed by atoms with Crippen molar-refractivity contribution in [3.63, 3.8) is 0 Å². The van der Waals surface area contributed by atoms with Crippen LogP contribution in [0.1, 0.15) is 36.8 Å². The molecule has 0 bridgehead atoms. The number of aromatic nitrogens is 2. The van der Waals surface area contributed by atoms with Crippen LogP contribution in [-0.4, -0.2) is 46.1 Å². The number of piperazine rings is 1. The van der Waals surface area contributed by atoms with Crippen molar-refractivity contribution in [3.05, 3.63) is 23.5 Å². The number of nitrogens with zero attached hydrogens (tertiary/aromatic N) is 3. The number of rotatable bonds is 2. The first-order chi connectivity index (χ1) is 10.1. The lowest BCUT2D eigenvalue weighted by molar-refractivity contribution is 0.0602. The predicted molar refractivity (Wildman–Crippen MR) is 79.1 cm³/mol. The number of carbonyl (C=O) groups excluding carboxylic acids is 1. The van der Waals surface area contributed by atoms with Gasteiger partial charge in [0.05, 0.1) is 16.6 Å². The van der Waals surface area contributed by atoms with Gasteiger partial charge in [0, 0.05) is 31.4 Å². The van der Waals surface area contributed by atoms with Gasteiger partial charge in [-0.15, -0.1) is 0 Å². The van der Waals surface area contributed by atoms with Gasteiger partial charge in [0.2, 0.25) is 0 Å². The maximum Gasteiger partial charge on any atom is 0.257 e. The number of amides is 1. The predicted octanol–water partition coefficient (Wildman–Crippen LogP) is 1.61. The Morgan fingerprint density at radius 3 is 3.10 bits per heavy atom. The average Bonchev–Trinajstić information content (AvgIpc) is 2.91. The van der Waals surface area contributed by atoms with E-state index in [1.807, 2.05) is 17.9 Å². The van der Waals surface area contributed by atoms with E-state index >= 15 is 0 Å². The Hall–Kier alpha value is -1.95. The second kappa shape index (κ2) is 5.44. The highest BCUT2D eigenvalue weighted by atomic mass is 16.5. The van der Waals surface area contributed by atoms with E-state index in [0.29, 0.717) is 23.9 Å². The third kappa shape index (κ3) is 2.40. The van der Waals surface area contributed by atoms with Gasteiger partial charge in [-0.25, -0.2) is 4.98 Å². The van der Waals surface area contributed by atoms with E-state index in [1.165, 1.54) is 0 Å². The molecule has 1 saturated heterocycles. The smallest absolute Gasteiger partial charge is 0.257 e. The minimum Gasteiger partial charge on any atom is -0.336 e. The summed E-state index contributed by atoms with van der Waals surface area (Å²) in [6, 6.07) is 2.30. The first-order valence-corrected chi connectivity index (χ1v) is 7.40. The Balaban J connectivity index is 1.93. The molecule has 2 unspecified atom stereocenters. The maximum atomic E-state index is 12.7. The van der Waals surface area contributed by atoms with Gasteiger partial charge in [0.15, 0.2) is 0 Å². The van der Waals surface area contributed by atoms with Crippen molar-refractivity contribution < 1.29 is 9.32 Å². The van der Waals surface area contributed by atoms with Crippen LogP contribution in [0.15, 0.2) is 16.8 Å². The van der Waals surface area contributed by atoms with Crippen molar-refractivity contribution in [2.45, 2.75) is 39.3 Å². The second-order valence-electron chi connectivity index (χ2n) is 5.54. The highest BCUT2D eigenvalue weighted by Crippen LogP contribution is 2.20. The van der Waals surface area contributed by atoms with E-state index in [0.717, 1.165) is 24.0 Å². The molecule has 1 aliphatic heterocycles. The number of carbonyl (C=O) groups is 1. The molecule has 0 aromatic carbocycles. The fourth-order valence-electron chi connectivity index (χ4n) is 2.76. The van der Waals surface area contributed by atoms with Crippen LogP contribution in [-0.2, 0) is 6.42 Å². The summed E-state index contributed by atoms with van der Waals surface area (Å²) in [5.74, 6) is 0.0218. The first-order valence-electron chi connectivity index (χ1n) is 7.40. The van der Waals surface area contributed by atoms with Crippen molar-refractivity contribution in [3.8, 4) is 0 Å². The molecular formula is C15H20N4O2. The first kappa shape index (κ1) is 14.0. The summed E-state index contributed by atoms with van der Waals surface area (Å²) in [6.45, 7) is 7.71. The standard InChI is InChI=1S/C15H20N4O2/c1-4-13-12-7-11(8-17-14(12)21-18-13)15(20)19-6-5-16-9(2)10(19)3/h7-10,16H,4-6H2,1-3H3. The summed E-state index contributed by atoms with van der Waals surface area (Å²) in [5.41, 5.74) is 1.93. The van der Waals surface area contributed by atoms with Crippen LogP contribution in [0, 0.1) is 0 Å². The molecule has 3 rings (SSSR count). The Morgan fingerprint density at radius 1 is 1.52 bits per heavy atom. The molecule has 21 heavy (non-hydrogen) atoms. The third-order valence-electron chi connectivity index (χ3n) is 4.28. The summed E-state index contributed by atoms with van der Waals surface area (Å²) in [4.78, 5) is 18.9. The number of nitrogens with one attached hydrogen (secondary N) is 1. The van der Waals surface area contributed by atoms with Crippen molar-refractivity contribution >= 4 is 17.0 Å². The van der Waals surface area contributed by atoms with Crippen molar-refractivity contribution in [2.75, 3.05) is 13.1 Å². The lowest BCUT2D eigenvalue weighted by Gasteiger charge is -2.38. The number of aryl methyl sites for hydroxylation is 1. The summed E-state index contributed by atoms with van der Waals surface area (Å²) >= 11 is 0. The monoisotopic (exact) mass is 288 g/mol. The molecule has 1 fully saturated rings.